The molecule has 3 rings (SSSR count). The summed E-state index contributed by atoms with van der Waals surface area (Å²) in [5.74, 6) is -0.840. The Bertz CT molecular complexity index is 913. The van der Waals surface area contributed by atoms with Crippen LogP contribution in [0.1, 0.15) is 28.9 Å². The number of hydrogen-bond acceptors (Lipinski definition) is 5. The van der Waals surface area contributed by atoms with Crippen molar-refractivity contribution in [3.05, 3.63) is 64.8 Å². The molecule has 0 aliphatic carbocycles. The Labute approximate surface area is 147 Å². The van der Waals surface area contributed by atoms with Gasteiger partial charge in [0.1, 0.15) is 11.0 Å². The molecular weight excluding hydrogens is 349 g/mol. The van der Waals surface area contributed by atoms with E-state index >= 15 is 0 Å². The maximum atomic E-state index is 13.0. The first kappa shape index (κ1) is 16.8. The van der Waals surface area contributed by atoms with Crippen LogP contribution in [-0.2, 0) is 0 Å². The first-order valence-electron chi connectivity index (χ1n) is 7.27. The number of benzene rings is 1. The summed E-state index contributed by atoms with van der Waals surface area (Å²) < 4.78 is 14.3. The normalized spacial score (nSPS) is 12.0. The number of nitrogens with zero attached hydrogens (tertiary/aromatic N) is 4. The van der Waals surface area contributed by atoms with Crippen LogP contribution in [0.25, 0.3) is 5.82 Å². The van der Waals surface area contributed by atoms with E-state index in [0.717, 1.165) is 5.56 Å². The van der Waals surface area contributed by atoms with Crippen LogP contribution in [0.5, 0.6) is 0 Å². The standard InChI is InChI=1S/C16H13ClFN5O2/c1-9(10-2-4-12(18)5-3-10)20-16-21-13(17)6-14(22-16)23-8-11(7-19-23)15(24)25/h2-9H,1H3,(H,24,25)(H,20,21,22)/t9-/m0/s1. The number of anilines is 1. The van der Waals surface area contributed by atoms with Gasteiger partial charge in [0.05, 0.1) is 17.8 Å². The van der Waals surface area contributed by atoms with Gasteiger partial charge in [0, 0.05) is 12.3 Å². The molecule has 0 radical (unpaired) electrons. The van der Waals surface area contributed by atoms with Crippen molar-refractivity contribution in [1.82, 2.24) is 19.7 Å². The zero-order valence-electron chi connectivity index (χ0n) is 13.0. The van der Waals surface area contributed by atoms with Gasteiger partial charge < -0.3 is 10.4 Å². The molecule has 1 atom stereocenters. The maximum Gasteiger partial charge on any atom is 0.338 e. The average Bonchev–Trinajstić information content (AvgIpc) is 3.05. The van der Waals surface area contributed by atoms with Gasteiger partial charge in [-0.2, -0.15) is 10.1 Å². The van der Waals surface area contributed by atoms with E-state index < -0.39 is 5.97 Å². The van der Waals surface area contributed by atoms with Crippen LogP contribution in [0.2, 0.25) is 5.15 Å². The fourth-order valence-electron chi connectivity index (χ4n) is 2.17. The Hall–Kier alpha value is -3.00. The van der Waals surface area contributed by atoms with Crippen LogP contribution in [0.3, 0.4) is 0 Å². The largest absolute Gasteiger partial charge is 0.478 e. The molecule has 2 aromatic heterocycles. The molecule has 0 spiro atoms. The molecule has 0 aliphatic heterocycles. The highest BCUT2D eigenvalue weighted by molar-refractivity contribution is 6.29. The molecule has 25 heavy (non-hydrogen) atoms. The molecule has 3 aromatic rings. The van der Waals surface area contributed by atoms with Gasteiger partial charge in [-0.05, 0) is 24.6 Å². The fourth-order valence-corrected chi connectivity index (χ4v) is 2.35. The fraction of sp³-hybridized carbons (Fsp3) is 0.125. The van der Waals surface area contributed by atoms with E-state index in [0.29, 0.717) is 5.82 Å². The Balaban J connectivity index is 1.85. The quantitative estimate of drug-likeness (QED) is 0.677. The molecule has 9 heteroatoms. The van der Waals surface area contributed by atoms with Crippen molar-refractivity contribution in [1.29, 1.82) is 0 Å². The molecule has 0 unspecified atom stereocenters. The summed E-state index contributed by atoms with van der Waals surface area (Å²) in [4.78, 5) is 19.3. The number of aromatic nitrogens is 4. The number of hydrogen-bond donors (Lipinski definition) is 2. The highest BCUT2D eigenvalue weighted by Gasteiger charge is 2.12. The van der Waals surface area contributed by atoms with Gasteiger partial charge in [-0.15, -0.1) is 0 Å². The van der Waals surface area contributed by atoms with Gasteiger partial charge in [-0.1, -0.05) is 23.7 Å². The molecule has 0 saturated heterocycles. The van der Waals surface area contributed by atoms with Crippen LogP contribution in [0, 0.1) is 5.82 Å². The molecule has 0 amide bonds. The van der Waals surface area contributed by atoms with Crippen molar-refractivity contribution in [2.75, 3.05) is 5.32 Å². The van der Waals surface area contributed by atoms with Gasteiger partial charge in [0.2, 0.25) is 5.95 Å². The van der Waals surface area contributed by atoms with Crippen LogP contribution in [-0.4, -0.2) is 30.8 Å². The van der Waals surface area contributed by atoms with E-state index in [4.69, 9.17) is 16.7 Å². The second-order valence-electron chi connectivity index (χ2n) is 5.27. The lowest BCUT2D eigenvalue weighted by molar-refractivity contribution is 0.0697. The minimum atomic E-state index is -1.09. The lowest BCUT2D eigenvalue weighted by atomic mass is 10.1. The number of carboxylic acids is 1. The highest BCUT2D eigenvalue weighted by atomic mass is 35.5. The predicted octanol–water partition coefficient (Wildman–Crippen LogP) is 3.33. The second-order valence-corrected chi connectivity index (χ2v) is 5.66. The molecule has 0 saturated carbocycles. The summed E-state index contributed by atoms with van der Waals surface area (Å²) in [5.41, 5.74) is 0.878. The lowest BCUT2D eigenvalue weighted by Crippen LogP contribution is -2.11. The Morgan fingerprint density at radius 2 is 2.04 bits per heavy atom. The van der Waals surface area contributed by atoms with Crippen LogP contribution in [0.4, 0.5) is 10.3 Å². The molecule has 0 fully saturated rings. The third-order valence-corrected chi connectivity index (χ3v) is 3.65. The molecule has 2 heterocycles. The number of aromatic carboxylic acids is 1. The molecule has 0 bridgehead atoms. The SMILES string of the molecule is C[C@H](Nc1nc(Cl)cc(-n2cc(C(=O)O)cn2)n1)c1ccc(F)cc1. The van der Waals surface area contributed by atoms with E-state index in [-0.39, 0.29) is 28.5 Å². The monoisotopic (exact) mass is 361 g/mol. The third-order valence-electron chi connectivity index (χ3n) is 3.46. The number of halogens is 2. The Kier molecular flexibility index (Phi) is 4.62. The van der Waals surface area contributed by atoms with Crippen LogP contribution < -0.4 is 5.32 Å². The van der Waals surface area contributed by atoms with Crippen molar-refractivity contribution in [2.24, 2.45) is 0 Å². The highest BCUT2D eigenvalue weighted by Crippen LogP contribution is 2.20. The smallest absolute Gasteiger partial charge is 0.338 e. The molecular formula is C16H13ClFN5O2. The molecule has 7 nitrogen and oxygen atoms in total. The number of carboxylic acid groups (broad SMARTS) is 1. The number of rotatable bonds is 5. The van der Waals surface area contributed by atoms with Crippen molar-refractivity contribution in [2.45, 2.75) is 13.0 Å². The summed E-state index contributed by atoms with van der Waals surface area (Å²) in [6, 6.07) is 7.33. The van der Waals surface area contributed by atoms with Gasteiger partial charge in [-0.3, -0.25) is 0 Å². The van der Waals surface area contributed by atoms with Crippen molar-refractivity contribution in [3.63, 3.8) is 0 Å². The van der Waals surface area contributed by atoms with Crippen LogP contribution >= 0.6 is 11.6 Å². The molecule has 1 aromatic carbocycles. The summed E-state index contributed by atoms with van der Waals surface area (Å²) in [6.45, 7) is 1.87. The number of carbonyl (C=O) groups is 1. The van der Waals surface area contributed by atoms with Crippen LogP contribution in [0.15, 0.2) is 42.7 Å². The molecule has 2 N–H and O–H groups in total. The van der Waals surface area contributed by atoms with E-state index in [9.17, 15) is 9.18 Å². The summed E-state index contributed by atoms with van der Waals surface area (Å²) in [7, 11) is 0. The topological polar surface area (TPSA) is 92.9 Å². The molecule has 0 aliphatic rings. The van der Waals surface area contributed by atoms with Gasteiger partial charge in [0.25, 0.3) is 0 Å². The second kappa shape index (κ2) is 6.86. The number of nitrogens with one attached hydrogen (secondary N) is 1. The Morgan fingerprint density at radius 1 is 1.32 bits per heavy atom. The predicted molar refractivity (Wildman–Crippen MR) is 89.6 cm³/mol. The minimum Gasteiger partial charge on any atom is -0.478 e. The average molecular weight is 362 g/mol. The van der Waals surface area contributed by atoms with Gasteiger partial charge in [-0.25, -0.2) is 18.9 Å². The maximum absolute atomic E-state index is 13.0. The summed E-state index contributed by atoms with van der Waals surface area (Å²) >= 11 is 6.02. The Morgan fingerprint density at radius 3 is 2.68 bits per heavy atom. The molecule has 128 valence electrons. The summed E-state index contributed by atoms with van der Waals surface area (Å²) in [5, 5.41) is 16.2. The van der Waals surface area contributed by atoms with Crippen molar-refractivity contribution < 1.29 is 14.3 Å². The lowest BCUT2D eigenvalue weighted by Gasteiger charge is -2.15. The van der Waals surface area contributed by atoms with Gasteiger partial charge >= 0.3 is 5.97 Å². The van der Waals surface area contributed by atoms with E-state index in [1.165, 1.54) is 35.3 Å². The first-order chi connectivity index (χ1) is 11.9. The third kappa shape index (κ3) is 3.92. The van der Waals surface area contributed by atoms with Gasteiger partial charge in [0.15, 0.2) is 5.82 Å². The summed E-state index contributed by atoms with van der Waals surface area (Å²) in [6.07, 6.45) is 2.54. The van der Waals surface area contributed by atoms with E-state index in [1.54, 1.807) is 12.1 Å². The first-order valence-corrected chi connectivity index (χ1v) is 7.65. The minimum absolute atomic E-state index is 0.0314. The van der Waals surface area contributed by atoms with Crippen molar-refractivity contribution >= 4 is 23.5 Å². The van der Waals surface area contributed by atoms with E-state index in [2.05, 4.69) is 20.4 Å². The van der Waals surface area contributed by atoms with E-state index in [1.807, 2.05) is 6.92 Å². The zero-order chi connectivity index (χ0) is 18.0. The zero-order valence-corrected chi connectivity index (χ0v) is 13.8. The van der Waals surface area contributed by atoms with Crippen molar-refractivity contribution in [3.8, 4) is 5.82 Å².